The van der Waals surface area contributed by atoms with E-state index in [0.717, 1.165) is 0 Å². The number of Topliss-reactive ketones (excluding diaryl/α,β-unsaturated/α-hetero) is 1. The van der Waals surface area contributed by atoms with Gasteiger partial charge in [-0.2, -0.15) is 0 Å². The molecule has 0 atom stereocenters. The third kappa shape index (κ3) is 3.46. The highest BCUT2D eigenvalue weighted by atomic mass is 32.2. The van der Waals surface area contributed by atoms with E-state index in [1.165, 1.54) is 30.4 Å². The summed E-state index contributed by atoms with van der Waals surface area (Å²) in [6.07, 6.45) is 1.62. The summed E-state index contributed by atoms with van der Waals surface area (Å²) in [4.78, 5) is 15.3. The number of hydrogen-bond acceptors (Lipinski definition) is 5. The molecule has 0 aliphatic heterocycles. The number of ketones is 1. The number of benzene rings is 1. The molecule has 1 heterocycles. The van der Waals surface area contributed by atoms with Crippen LogP contribution in [0.5, 0.6) is 0 Å². The van der Waals surface area contributed by atoms with E-state index < -0.39 is 10.0 Å². The highest BCUT2D eigenvalue weighted by Crippen LogP contribution is 2.13. The summed E-state index contributed by atoms with van der Waals surface area (Å²) < 4.78 is 26.6. The van der Waals surface area contributed by atoms with Crippen molar-refractivity contribution in [2.45, 2.75) is 18.4 Å². The summed E-state index contributed by atoms with van der Waals surface area (Å²) in [5.41, 5.74) is 0.372. The molecule has 0 fully saturated rings. The van der Waals surface area contributed by atoms with Crippen molar-refractivity contribution in [3.63, 3.8) is 0 Å². The van der Waals surface area contributed by atoms with Crippen molar-refractivity contribution in [3.05, 3.63) is 46.4 Å². The maximum atomic E-state index is 12.1. The molecule has 0 saturated heterocycles. The van der Waals surface area contributed by atoms with E-state index in [0.29, 0.717) is 10.6 Å². The minimum Gasteiger partial charge on any atom is -0.295 e. The van der Waals surface area contributed by atoms with Gasteiger partial charge >= 0.3 is 0 Å². The number of sulfonamides is 1. The predicted octanol–water partition coefficient (Wildman–Crippen LogP) is 1.82. The van der Waals surface area contributed by atoms with Crippen molar-refractivity contribution in [2.24, 2.45) is 0 Å². The summed E-state index contributed by atoms with van der Waals surface area (Å²) in [6, 6.07) is 5.96. The zero-order valence-corrected chi connectivity index (χ0v) is 11.8. The molecule has 0 bridgehead atoms. The van der Waals surface area contributed by atoms with E-state index in [4.69, 9.17) is 0 Å². The van der Waals surface area contributed by atoms with E-state index >= 15 is 0 Å². The van der Waals surface area contributed by atoms with Gasteiger partial charge in [0, 0.05) is 17.1 Å². The van der Waals surface area contributed by atoms with Crippen molar-refractivity contribution in [1.29, 1.82) is 0 Å². The number of thiazole rings is 1. The van der Waals surface area contributed by atoms with Crippen molar-refractivity contribution < 1.29 is 13.2 Å². The standard InChI is InChI=1S/C12H12N2O3S2/c1-9(15)10-3-2-4-11(7-10)19(16,17)14-8-12-13-5-6-18-12/h2-7,14H,8H2,1H3. The van der Waals surface area contributed by atoms with Gasteiger partial charge in [-0.1, -0.05) is 12.1 Å². The van der Waals surface area contributed by atoms with Crippen LogP contribution in [0.1, 0.15) is 22.3 Å². The summed E-state index contributed by atoms with van der Waals surface area (Å²) in [5, 5.41) is 2.46. The number of hydrogen-bond donors (Lipinski definition) is 1. The molecular weight excluding hydrogens is 284 g/mol. The second-order valence-electron chi connectivity index (χ2n) is 3.83. The lowest BCUT2D eigenvalue weighted by Gasteiger charge is -2.06. The fourth-order valence-electron chi connectivity index (χ4n) is 1.46. The van der Waals surface area contributed by atoms with Crippen LogP contribution in [0.15, 0.2) is 40.7 Å². The molecule has 1 aromatic heterocycles. The van der Waals surface area contributed by atoms with Gasteiger partial charge in [0.2, 0.25) is 10.0 Å². The van der Waals surface area contributed by atoms with Crippen LogP contribution in [-0.4, -0.2) is 19.2 Å². The first-order valence-electron chi connectivity index (χ1n) is 5.48. The van der Waals surface area contributed by atoms with Gasteiger partial charge in [-0.3, -0.25) is 4.79 Å². The van der Waals surface area contributed by atoms with E-state index in [9.17, 15) is 13.2 Å². The van der Waals surface area contributed by atoms with Crippen LogP contribution in [0.3, 0.4) is 0 Å². The largest absolute Gasteiger partial charge is 0.295 e. The first kappa shape index (κ1) is 13.9. The Balaban J connectivity index is 2.19. The Labute approximate surface area is 115 Å². The van der Waals surface area contributed by atoms with Crippen LogP contribution < -0.4 is 4.72 Å². The van der Waals surface area contributed by atoms with Gasteiger partial charge in [-0.05, 0) is 19.1 Å². The zero-order chi connectivity index (χ0) is 13.9. The lowest BCUT2D eigenvalue weighted by atomic mass is 10.2. The first-order valence-corrected chi connectivity index (χ1v) is 7.84. The topological polar surface area (TPSA) is 76.1 Å². The molecule has 7 heteroatoms. The molecular formula is C12H12N2O3S2. The maximum absolute atomic E-state index is 12.1. The fourth-order valence-corrected chi connectivity index (χ4v) is 3.14. The van der Waals surface area contributed by atoms with Crippen LogP contribution in [0, 0.1) is 0 Å². The second kappa shape index (κ2) is 5.60. The van der Waals surface area contributed by atoms with Gasteiger partial charge in [-0.25, -0.2) is 18.1 Å². The molecule has 0 amide bonds. The Morgan fingerprint density at radius 1 is 1.42 bits per heavy atom. The molecule has 0 aliphatic carbocycles. The average molecular weight is 296 g/mol. The molecule has 2 aromatic rings. The van der Waals surface area contributed by atoms with E-state index in [1.54, 1.807) is 23.7 Å². The van der Waals surface area contributed by atoms with Gasteiger partial charge in [0.1, 0.15) is 5.01 Å². The Bertz CT molecular complexity index is 679. The molecule has 5 nitrogen and oxygen atoms in total. The zero-order valence-electron chi connectivity index (χ0n) is 10.2. The number of rotatable bonds is 5. The maximum Gasteiger partial charge on any atom is 0.240 e. The third-order valence-electron chi connectivity index (χ3n) is 2.45. The normalized spacial score (nSPS) is 11.4. The van der Waals surface area contributed by atoms with E-state index in [2.05, 4.69) is 9.71 Å². The van der Waals surface area contributed by atoms with E-state index in [1.807, 2.05) is 0 Å². The highest BCUT2D eigenvalue weighted by molar-refractivity contribution is 7.89. The Kier molecular flexibility index (Phi) is 4.08. The SMILES string of the molecule is CC(=O)c1cccc(S(=O)(=O)NCc2nccs2)c1. The van der Waals surface area contributed by atoms with Gasteiger partial charge < -0.3 is 0 Å². The van der Waals surface area contributed by atoms with Gasteiger partial charge in [-0.15, -0.1) is 11.3 Å². The number of nitrogens with zero attached hydrogens (tertiary/aromatic N) is 1. The number of aromatic nitrogens is 1. The minimum atomic E-state index is -3.63. The molecule has 0 saturated carbocycles. The summed E-state index contributed by atoms with van der Waals surface area (Å²) >= 11 is 1.37. The van der Waals surface area contributed by atoms with Crippen LogP contribution in [0.2, 0.25) is 0 Å². The number of carbonyl (C=O) groups is 1. The summed E-state index contributed by atoms with van der Waals surface area (Å²) in [6.45, 7) is 1.54. The molecule has 0 unspecified atom stereocenters. The molecule has 0 spiro atoms. The van der Waals surface area contributed by atoms with E-state index in [-0.39, 0.29) is 17.2 Å². The van der Waals surface area contributed by atoms with Crippen LogP contribution >= 0.6 is 11.3 Å². The van der Waals surface area contributed by atoms with Gasteiger partial charge in [0.05, 0.1) is 11.4 Å². The lowest BCUT2D eigenvalue weighted by molar-refractivity contribution is 0.101. The third-order valence-corrected chi connectivity index (χ3v) is 4.63. The van der Waals surface area contributed by atoms with Crippen molar-refractivity contribution in [2.75, 3.05) is 0 Å². The average Bonchev–Trinajstić information content (AvgIpc) is 2.90. The van der Waals surface area contributed by atoms with Crippen LogP contribution in [0.25, 0.3) is 0 Å². The van der Waals surface area contributed by atoms with Crippen molar-refractivity contribution >= 4 is 27.1 Å². The molecule has 0 aliphatic rings. The fraction of sp³-hybridized carbons (Fsp3) is 0.167. The number of nitrogens with one attached hydrogen (secondary N) is 1. The van der Waals surface area contributed by atoms with Crippen LogP contribution in [-0.2, 0) is 16.6 Å². The van der Waals surface area contributed by atoms with Crippen LogP contribution in [0.4, 0.5) is 0 Å². The summed E-state index contributed by atoms with van der Waals surface area (Å²) in [5.74, 6) is -0.169. The monoisotopic (exact) mass is 296 g/mol. The first-order chi connectivity index (χ1) is 8.99. The molecule has 100 valence electrons. The Hall–Kier alpha value is -1.57. The molecule has 19 heavy (non-hydrogen) atoms. The molecule has 2 rings (SSSR count). The Morgan fingerprint density at radius 2 is 2.21 bits per heavy atom. The smallest absolute Gasteiger partial charge is 0.240 e. The van der Waals surface area contributed by atoms with Gasteiger partial charge in [0.15, 0.2) is 5.78 Å². The number of carbonyl (C=O) groups excluding carboxylic acids is 1. The summed E-state index contributed by atoms with van der Waals surface area (Å²) in [7, 11) is -3.63. The second-order valence-corrected chi connectivity index (χ2v) is 6.58. The minimum absolute atomic E-state index is 0.0803. The predicted molar refractivity (Wildman–Crippen MR) is 72.6 cm³/mol. The lowest BCUT2D eigenvalue weighted by Crippen LogP contribution is -2.23. The van der Waals surface area contributed by atoms with Crippen molar-refractivity contribution in [1.82, 2.24) is 9.71 Å². The molecule has 1 aromatic carbocycles. The van der Waals surface area contributed by atoms with Crippen molar-refractivity contribution in [3.8, 4) is 0 Å². The highest BCUT2D eigenvalue weighted by Gasteiger charge is 2.15. The molecule has 0 radical (unpaired) electrons. The van der Waals surface area contributed by atoms with Gasteiger partial charge in [0.25, 0.3) is 0 Å². The quantitative estimate of drug-likeness (QED) is 0.854. The Morgan fingerprint density at radius 3 is 2.84 bits per heavy atom. The molecule has 1 N–H and O–H groups in total.